The summed E-state index contributed by atoms with van der Waals surface area (Å²) in [4.78, 5) is 29.0. The maximum Gasteiger partial charge on any atom is 0.224 e. The lowest BCUT2D eigenvalue weighted by Gasteiger charge is -2.36. The van der Waals surface area contributed by atoms with E-state index in [0.29, 0.717) is 18.7 Å². The lowest BCUT2D eigenvalue weighted by molar-refractivity contribution is -0.131. The summed E-state index contributed by atoms with van der Waals surface area (Å²) < 4.78 is 0. The predicted octanol–water partition coefficient (Wildman–Crippen LogP) is 5.27. The lowest BCUT2D eigenvalue weighted by Crippen LogP contribution is -2.48. The van der Waals surface area contributed by atoms with Crippen molar-refractivity contribution in [2.45, 2.75) is 58.3 Å². The largest absolute Gasteiger partial charge is 0.368 e. The number of piperazine rings is 1. The van der Waals surface area contributed by atoms with E-state index in [0.717, 1.165) is 56.8 Å². The number of nitrogens with zero attached hydrogens (tertiary/aromatic N) is 2. The van der Waals surface area contributed by atoms with E-state index in [1.807, 2.05) is 47.4 Å². The van der Waals surface area contributed by atoms with Gasteiger partial charge >= 0.3 is 0 Å². The SMILES string of the molecule is CCCCCCCC(=O)N1CCN(c2ccc(NC(=O)CCc3ccccc3)cc2)CC1. The van der Waals surface area contributed by atoms with Crippen molar-refractivity contribution in [1.82, 2.24) is 4.90 Å². The van der Waals surface area contributed by atoms with E-state index < -0.39 is 0 Å². The van der Waals surface area contributed by atoms with Crippen molar-refractivity contribution in [3.8, 4) is 0 Å². The van der Waals surface area contributed by atoms with Crippen LogP contribution in [0.15, 0.2) is 54.6 Å². The molecule has 1 heterocycles. The van der Waals surface area contributed by atoms with E-state index in [1.54, 1.807) is 0 Å². The van der Waals surface area contributed by atoms with Gasteiger partial charge in [-0.25, -0.2) is 0 Å². The standard InChI is InChI=1S/C27H37N3O2/c1-2-3-4-5-9-12-27(32)30-21-19-29(20-22-30)25-16-14-24(15-17-25)28-26(31)18-13-23-10-7-6-8-11-23/h6-8,10-11,14-17H,2-5,9,12-13,18-22H2,1H3,(H,28,31). The zero-order valence-corrected chi connectivity index (χ0v) is 19.4. The molecular weight excluding hydrogens is 398 g/mol. The van der Waals surface area contributed by atoms with E-state index in [-0.39, 0.29) is 5.91 Å². The number of nitrogens with one attached hydrogen (secondary N) is 1. The van der Waals surface area contributed by atoms with Gasteiger partial charge in [-0.05, 0) is 42.7 Å². The highest BCUT2D eigenvalue weighted by Gasteiger charge is 2.20. The topological polar surface area (TPSA) is 52.7 Å². The number of carbonyl (C=O) groups excluding carboxylic acids is 2. The first-order valence-electron chi connectivity index (χ1n) is 12.1. The molecule has 0 aromatic heterocycles. The van der Waals surface area contributed by atoms with Crippen LogP contribution < -0.4 is 10.2 Å². The third-order valence-electron chi connectivity index (χ3n) is 6.13. The van der Waals surface area contributed by atoms with Crippen LogP contribution in [-0.2, 0) is 16.0 Å². The van der Waals surface area contributed by atoms with Gasteiger partial charge < -0.3 is 15.1 Å². The smallest absolute Gasteiger partial charge is 0.224 e. The van der Waals surface area contributed by atoms with E-state index in [9.17, 15) is 9.59 Å². The van der Waals surface area contributed by atoms with E-state index in [1.165, 1.54) is 24.8 Å². The number of aryl methyl sites for hydroxylation is 1. The molecule has 2 aromatic rings. The number of amides is 2. The summed E-state index contributed by atoms with van der Waals surface area (Å²) >= 11 is 0. The van der Waals surface area contributed by atoms with Crippen LogP contribution in [0.5, 0.6) is 0 Å². The third-order valence-corrected chi connectivity index (χ3v) is 6.13. The van der Waals surface area contributed by atoms with Crippen LogP contribution in [0.1, 0.15) is 57.4 Å². The van der Waals surface area contributed by atoms with Crippen LogP contribution in [0, 0.1) is 0 Å². The monoisotopic (exact) mass is 435 g/mol. The molecular formula is C27H37N3O2. The van der Waals surface area contributed by atoms with Crippen molar-refractivity contribution in [2.24, 2.45) is 0 Å². The van der Waals surface area contributed by atoms with Crippen molar-refractivity contribution in [3.05, 3.63) is 60.2 Å². The summed E-state index contributed by atoms with van der Waals surface area (Å²) in [6.07, 6.45) is 7.81. The molecule has 32 heavy (non-hydrogen) atoms. The first kappa shape index (κ1) is 23.8. The van der Waals surface area contributed by atoms with Crippen molar-refractivity contribution in [2.75, 3.05) is 36.4 Å². The zero-order valence-electron chi connectivity index (χ0n) is 19.4. The molecule has 1 fully saturated rings. The Bertz CT molecular complexity index is 828. The fourth-order valence-electron chi connectivity index (χ4n) is 4.13. The first-order chi connectivity index (χ1) is 15.7. The number of hydrogen-bond donors (Lipinski definition) is 1. The Balaban J connectivity index is 1.38. The van der Waals surface area contributed by atoms with Gasteiger partial charge in [-0.15, -0.1) is 0 Å². The highest BCUT2D eigenvalue weighted by Crippen LogP contribution is 2.20. The summed E-state index contributed by atoms with van der Waals surface area (Å²) in [5.41, 5.74) is 3.13. The summed E-state index contributed by atoms with van der Waals surface area (Å²) in [5, 5.41) is 2.99. The van der Waals surface area contributed by atoms with Gasteiger partial charge in [-0.3, -0.25) is 9.59 Å². The number of unbranched alkanes of at least 4 members (excludes halogenated alkanes) is 4. The second-order valence-electron chi connectivity index (χ2n) is 8.61. The van der Waals surface area contributed by atoms with Crippen LogP contribution in [-0.4, -0.2) is 42.9 Å². The van der Waals surface area contributed by atoms with Crippen LogP contribution in [0.25, 0.3) is 0 Å². The Kier molecular flexibility index (Phi) is 9.60. The van der Waals surface area contributed by atoms with Gasteiger partial charge in [0.15, 0.2) is 0 Å². The minimum atomic E-state index is 0.0309. The lowest BCUT2D eigenvalue weighted by atomic mass is 10.1. The highest BCUT2D eigenvalue weighted by atomic mass is 16.2. The summed E-state index contributed by atoms with van der Waals surface area (Å²) in [7, 11) is 0. The van der Waals surface area contributed by atoms with Crippen molar-refractivity contribution in [1.29, 1.82) is 0 Å². The molecule has 1 saturated heterocycles. The van der Waals surface area contributed by atoms with Crippen molar-refractivity contribution in [3.63, 3.8) is 0 Å². The zero-order chi connectivity index (χ0) is 22.6. The predicted molar refractivity (Wildman–Crippen MR) is 132 cm³/mol. The van der Waals surface area contributed by atoms with Gasteiger partial charge in [0.05, 0.1) is 0 Å². The molecule has 0 saturated carbocycles. The maximum absolute atomic E-state index is 12.4. The van der Waals surface area contributed by atoms with Gasteiger partial charge in [-0.2, -0.15) is 0 Å². The summed E-state index contributed by atoms with van der Waals surface area (Å²) in [6.45, 7) is 5.48. The Morgan fingerprint density at radius 3 is 2.19 bits per heavy atom. The average molecular weight is 436 g/mol. The number of hydrogen-bond acceptors (Lipinski definition) is 3. The van der Waals surface area contributed by atoms with Gasteiger partial charge in [0, 0.05) is 50.4 Å². The average Bonchev–Trinajstić information content (AvgIpc) is 2.84. The van der Waals surface area contributed by atoms with Crippen molar-refractivity contribution >= 4 is 23.2 Å². The number of rotatable bonds is 11. The van der Waals surface area contributed by atoms with Gasteiger partial charge in [0.25, 0.3) is 0 Å². The minimum Gasteiger partial charge on any atom is -0.368 e. The molecule has 172 valence electrons. The highest BCUT2D eigenvalue weighted by molar-refractivity contribution is 5.91. The molecule has 0 spiro atoms. The van der Waals surface area contributed by atoms with Gasteiger partial charge in [0.2, 0.25) is 11.8 Å². The van der Waals surface area contributed by atoms with Crippen molar-refractivity contribution < 1.29 is 9.59 Å². The first-order valence-corrected chi connectivity index (χ1v) is 12.1. The second-order valence-corrected chi connectivity index (χ2v) is 8.61. The molecule has 0 atom stereocenters. The van der Waals surface area contributed by atoms with E-state index in [2.05, 4.69) is 29.3 Å². The molecule has 0 unspecified atom stereocenters. The van der Waals surface area contributed by atoms with Gasteiger partial charge in [0.1, 0.15) is 0 Å². The maximum atomic E-state index is 12.4. The minimum absolute atomic E-state index is 0.0309. The van der Waals surface area contributed by atoms with Crippen LogP contribution >= 0.6 is 0 Å². The molecule has 1 N–H and O–H groups in total. The molecule has 0 radical (unpaired) electrons. The molecule has 1 aliphatic rings. The number of benzene rings is 2. The second kappa shape index (κ2) is 12.9. The molecule has 2 amide bonds. The Morgan fingerprint density at radius 1 is 0.812 bits per heavy atom. The third kappa shape index (κ3) is 7.70. The quantitative estimate of drug-likeness (QED) is 0.490. The number of anilines is 2. The normalized spacial score (nSPS) is 13.8. The molecule has 5 nitrogen and oxygen atoms in total. The van der Waals surface area contributed by atoms with Gasteiger partial charge in [-0.1, -0.05) is 62.9 Å². The van der Waals surface area contributed by atoms with Crippen LogP contribution in [0.3, 0.4) is 0 Å². The number of carbonyl (C=O) groups is 2. The molecule has 0 bridgehead atoms. The van der Waals surface area contributed by atoms with Crippen LogP contribution in [0.2, 0.25) is 0 Å². The fraction of sp³-hybridized carbons (Fsp3) is 0.481. The molecule has 5 heteroatoms. The summed E-state index contributed by atoms with van der Waals surface area (Å²) in [6, 6.07) is 18.1. The Hall–Kier alpha value is -2.82. The molecule has 3 rings (SSSR count). The molecule has 0 aliphatic carbocycles. The van der Waals surface area contributed by atoms with E-state index >= 15 is 0 Å². The molecule has 2 aromatic carbocycles. The van der Waals surface area contributed by atoms with Crippen LogP contribution in [0.4, 0.5) is 11.4 Å². The Labute approximate surface area is 192 Å². The summed E-state index contributed by atoms with van der Waals surface area (Å²) in [5.74, 6) is 0.332. The van der Waals surface area contributed by atoms with E-state index in [4.69, 9.17) is 0 Å². The fourth-order valence-corrected chi connectivity index (χ4v) is 4.13. The Morgan fingerprint density at radius 2 is 1.50 bits per heavy atom. The molecule has 1 aliphatic heterocycles.